The number of amides is 1. The second-order valence-corrected chi connectivity index (χ2v) is 4.80. The van der Waals surface area contributed by atoms with Crippen LogP contribution in [0.4, 0.5) is 0 Å². The van der Waals surface area contributed by atoms with Crippen molar-refractivity contribution < 1.29 is 9.53 Å². The van der Waals surface area contributed by atoms with Crippen molar-refractivity contribution in [1.29, 1.82) is 0 Å². The third-order valence-corrected chi connectivity index (χ3v) is 2.45. The highest BCUT2D eigenvalue weighted by atomic mass is 79.9. The Kier molecular flexibility index (Phi) is 5.94. The Morgan fingerprint density at radius 2 is 2.12 bits per heavy atom. The summed E-state index contributed by atoms with van der Waals surface area (Å²) >= 11 is 3.18. The maximum absolute atomic E-state index is 11.6. The van der Waals surface area contributed by atoms with E-state index >= 15 is 0 Å². The summed E-state index contributed by atoms with van der Waals surface area (Å²) in [6, 6.07) is 9.76. The lowest BCUT2D eigenvalue weighted by atomic mass is 10.2. The van der Waals surface area contributed by atoms with Crippen LogP contribution >= 0.6 is 15.9 Å². The molecule has 0 aliphatic carbocycles. The van der Waals surface area contributed by atoms with Crippen LogP contribution in [0.25, 0.3) is 0 Å². The highest BCUT2D eigenvalue weighted by Gasteiger charge is 2.12. The fourth-order valence-corrected chi connectivity index (χ4v) is 1.34. The predicted octanol–water partition coefficient (Wildman–Crippen LogP) is 2.62. The molecular weight excluding hydrogens is 282 g/mol. The van der Waals surface area contributed by atoms with E-state index in [1.165, 1.54) is 0 Å². The van der Waals surface area contributed by atoms with Gasteiger partial charge in [-0.3, -0.25) is 4.79 Å². The van der Waals surface area contributed by atoms with Crippen LogP contribution in [0.2, 0.25) is 0 Å². The topological polar surface area (TPSA) is 38.3 Å². The van der Waals surface area contributed by atoms with Gasteiger partial charge < -0.3 is 10.1 Å². The van der Waals surface area contributed by atoms with Crippen molar-refractivity contribution >= 4 is 21.8 Å². The number of hydrogen-bond donors (Lipinski definition) is 1. The lowest BCUT2D eigenvalue weighted by molar-refractivity contribution is -0.132. The molecule has 0 saturated heterocycles. The maximum Gasteiger partial charge on any atom is 0.249 e. The van der Waals surface area contributed by atoms with Crippen LogP contribution in [0.1, 0.15) is 12.5 Å². The minimum atomic E-state index is -0.470. The average molecular weight is 298 g/mol. The van der Waals surface area contributed by atoms with Gasteiger partial charge in [-0.2, -0.15) is 0 Å². The molecule has 92 valence electrons. The number of carbonyl (C=O) groups is 1. The van der Waals surface area contributed by atoms with E-state index in [0.29, 0.717) is 13.2 Å². The van der Waals surface area contributed by atoms with E-state index < -0.39 is 6.10 Å². The molecule has 1 aromatic rings. The van der Waals surface area contributed by atoms with Crippen LogP contribution in [-0.4, -0.2) is 18.6 Å². The molecule has 1 rings (SSSR count). The normalized spacial score (nSPS) is 11.9. The van der Waals surface area contributed by atoms with Gasteiger partial charge in [0.1, 0.15) is 6.10 Å². The van der Waals surface area contributed by atoms with Gasteiger partial charge >= 0.3 is 0 Å². The first-order valence-corrected chi connectivity index (χ1v) is 6.15. The molecule has 0 aliphatic rings. The Hall–Kier alpha value is -1.13. The molecule has 0 heterocycles. The fraction of sp³-hybridized carbons (Fsp3) is 0.308. The summed E-state index contributed by atoms with van der Waals surface area (Å²) in [7, 11) is 0. The Labute approximate surface area is 110 Å². The van der Waals surface area contributed by atoms with E-state index in [1.807, 2.05) is 30.3 Å². The minimum Gasteiger partial charge on any atom is -0.364 e. The van der Waals surface area contributed by atoms with E-state index in [-0.39, 0.29) is 5.91 Å². The smallest absolute Gasteiger partial charge is 0.249 e. The van der Waals surface area contributed by atoms with Crippen LogP contribution in [0.15, 0.2) is 41.4 Å². The molecule has 0 aromatic heterocycles. The molecule has 0 saturated carbocycles. The van der Waals surface area contributed by atoms with Crippen molar-refractivity contribution in [2.45, 2.75) is 19.6 Å². The number of hydrogen-bond acceptors (Lipinski definition) is 2. The number of rotatable bonds is 6. The van der Waals surface area contributed by atoms with Crippen molar-refractivity contribution in [3.8, 4) is 0 Å². The van der Waals surface area contributed by atoms with Gasteiger partial charge in [0.2, 0.25) is 5.91 Å². The van der Waals surface area contributed by atoms with Crippen molar-refractivity contribution in [1.82, 2.24) is 5.32 Å². The average Bonchev–Trinajstić information content (AvgIpc) is 2.34. The number of halogens is 1. The summed E-state index contributed by atoms with van der Waals surface area (Å²) in [4.78, 5) is 11.6. The summed E-state index contributed by atoms with van der Waals surface area (Å²) in [6.07, 6.45) is -0.470. The maximum atomic E-state index is 11.6. The molecule has 1 unspecified atom stereocenters. The van der Waals surface area contributed by atoms with Gasteiger partial charge in [-0.15, -0.1) is 0 Å². The largest absolute Gasteiger partial charge is 0.364 e. The number of carbonyl (C=O) groups excluding carboxylic acids is 1. The zero-order chi connectivity index (χ0) is 12.7. The molecule has 1 amide bonds. The first-order chi connectivity index (χ1) is 8.09. The molecule has 0 radical (unpaired) electrons. The van der Waals surface area contributed by atoms with E-state index in [0.717, 1.165) is 10.0 Å². The first-order valence-electron chi connectivity index (χ1n) is 5.36. The molecule has 1 N–H and O–H groups in total. The molecule has 4 heteroatoms. The van der Waals surface area contributed by atoms with Gasteiger partial charge in [-0.05, 0) is 12.5 Å². The predicted molar refractivity (Wildman–Crippen MR) is 71.8 cm³/mol. The van der Waals surface area contributed by atoms with E-state index in [4.69, 9.17) is 4.74 Å². The molecular formula is C13H16BrNO2. The Morgan fingerprint density at radius 1 is 1.47 bits per heavy atom. The van der Waals surface area contributed by atoms with Crippen LogP contribution in [0, 0.1) is 0 Å². The van der Waals surface area contributed by atoms with Crippen LogP contribution < -0.4 is 5.32 Å². The standard InChI is InChI=1S/C13H16BrNO2/c1-10(14)8-15-13(16)11(2)17-9-12-6-4-3-5-7-12/h3-7,11H,1,8-9H2,2H3,(H,15,16). The lowest BCUT2D eigenvalue weighted by Crippen LogP contribution is -2.35. The molecule has 0 spiro atoms. The molecule has 3 nitrogen and oxygen atoms in total. The summed E-state index contributed by atoms with van der Waals surface area (Å²) in [6.45, 7) is 6.22. The number of ether oxygens (including phenoxy) is 1. The highest BCUT2D eigenvalue weighted by molar-refractivity contribution is 9.11. The zero-order valence-corrected chi connectivity index (χ0v) is 11.4. The Balaban J connectivity index is 2.31. The monoisotopic (exact) mass is 297 g/mol. The van der Waals surface area contributed by atoms with Crippen molar-refractivity contribution in [2.24, 2.45) is 0 Å². The van der Waals surface area contributed by atoms with Crippen LogP contribution in [0.5, 0.6) is 0 Å². The lowest BCUT2D eigenvalue weighted by Gasteiger charge is -2.13. The SMILES string of the molecule is C=C(Br)CNC(=O)C(C)OCc1ccccc1. The third kappa shape index (κ3) is 5.65. The highest BCUT2D eigenvalue weighted by Crippen LogP contribution is 2.04. The van der Waals surface area contributed by atoms with Crippen molar-refractivity contribution in [3.63, 3.8) is 0 Å². The second-order valence-electron chi connectivity index (χ2n) is 3.67. The molecule has 1 aromatic carbocycles. The first kappa shape index (κ1) is 13.9. The van der Waals surface area contributed by atoms with Crippen molar-refractivity contribution in [2.75, 3.05) is 6.54 Å². The van der Waals surface area contributed by atoms with Gasteiger partial charge in [0.15, 0.2) is 0 Å². The summed E-state index contributed by atoms with van der Waals surface area (Å²) in [5, 5.41) is 2.71. The molecule has 0 aliphatic heterocycles. The molecule has 0 fully saturated rings. The quantitative estimate of drug-likeness (QED) is 0.876. The van der Waals surface area contributed by atoms with Gasteiger partial charge in [-0.25, -0.2) is 0 Å². The minimum absolute atomic E-state index is 0.137. The Morgan fingerprint density at radius 3 is 2.71 bits per heavy atom. The summed E-state index contributed by atoms with van der Waals surface area (Å²) < 4.78 is 6.20. The molecule has 17 heavy (non-hydrogen) atoms. The van der Waals surface area contributed by atoms with E-state index in [1.54, 1.807) is 6.92 Å². The Bertz CT molecular complexity index is 378. The third-order valence-electron chi connectivity index (χ3n) is 2.17. The fourth-order valence-electron chi connectivity index (χ4n) is 1.20. The van der Waals surface area contributed by atoms with E-state index in [9.17, 15) is 4.79 Å². The van der Waals surface area contributed by atoms with Crippen LogP contribution in [0.3, 0.4) is 0 Å². The second kappa shape index (κ2) is 7.25. The molecule has 1 atom stereocenters. The summed E-state index contributed by atoms with van der Waals surface area (Å²) in [5.41, 5.74) is 1.05. The van der Waals surface area contributed by atoms with Gasteiger partial charge in [-0.1, -0.05) is 52.8 Å². The van der Waals surface area contributed by atoms with Crippen LogP contribution in [-0.2, 0) is 16.1 Å². The summed E-state index contributed by atoms with van der Waals surface area (Å²) in [5.74, 6) is -0.137. The van der Waals surface area contributed by atoms with Gasteiger partial charge in [0.25, 0.3) is 0 Å². The van der Waals surface area contributed by atoms with Crippen molar-refractivity contribution in [3.05, 3.63) is 47.0 Å². The number of benzene rings is 1. The van der Waals surface area contributed by atoms with Gasteiger partial charge in [0, 0.05) is 11.0 Å². The zero-order valence-electron chi connectivity index (χ0n) is 9.78. The number of nitrogens with one attached hydrogen (secondary N) is 1. The van der Waals surface area contributed by atoms with E-state index in [2.05, 4.69) is 27.8 Å². The van der Waals surface area contributed by atoms with Gasteiger partial charge in [0.05, 0.1) is 6.61 Å². The molecule has 0 bridgehead atoms.